The maximum atomic E-state index is 11.0. The first-order chi connectivity index (χ1) is 7.94. The molecule has 1 unspecified atom stereocenters. The zero-order valence-corrected chi connectivity index (χ0v) is 9.30. The number of hydrogen-bond donors (Lipinski definition) is 3. The fourth-order valence-electron chi connectivity index (χ4n) is 1.53. The molecule has 92 valence electrons. The van der Waals surface area contributed by atoms with E-state index in [1.165, 1.54) is 0 Å². The smallest absolute Gasteiger partial charge is 0.336 e. The molecule has 1 aromatic rings. The van der Waals surface area contributed by atoms with E-state index in [1.54, 1.807) is 30.3 Å². The zero-order chi connectivity index (χ0) is 12.9. The van der Waals surface area contributed by atoms with Crippen molar-refractivity contribution in [2.45, 2.75) is 24.9 Å². The average molecular weight is 237 g/mol. The standard InChI is InChI=1S/C12H15NO4/c13-10(14)6-7-12(17,11(15)16)8-9-4-2-1-3-5-9/h1-5,17H,6-8H2,(H2,13,14)(H,15,16). The summed E-state index contributed by atoms with van der Waals surface area (Å²) in [6.07, 6.45) is -0.390. The van der Waals surface area contributed by atoms with Crippen LogP contribution in [0.4, 0.5) is 0 Å². The molecule has 1 aromatic carbocycles. The van der Waals surface area contributed by atoms with Gasteiger partial charge < -0.3 is 15.9 Å². The van der Waals surface area contributed by atoms with Crippen LogP contribution in [0, 0.1) is 0 Å². The largest absolute Gasteiger partial charge is 0.479 e. The first kappa shape index (κ1) is 13.2. The number of carboxylic acids is 1. The van der Waals surface area contributed by atoms with Crippen LogP contribution in [0.5, 0.6) is 0 Å². The van der Waals surface area contributed by atoms with Crippen molar-refractivity contribution in [3.63, 3.8) is 0 Å². The normalized spacial score (nSPS) is 13.9. The second-order valence-electron chi connectivity index (χ2n) is 3.97. The molecule has 0 aliphatic carbocycles. The van der Waals surface area contributed by atoms with Crippen LogP contribution in [0.2, 0.25) is 0 Å². The molecule has 0 heterocycles. The number of carbonyl (C=O) groups is 2. The van der Waals surface area contributed by atoms with Gasteiger partial charge in [-0.1, -0.05) is 30.3 Å². The minimum Gasteiger partial charge on any atom is -0.479 e. The number of rotatable bonds is 6. The fraction of sp³-hybridized carbons (Fsp3) is 0.333. The van der Waals surface area contributed by atoms with Crippen molar-refractivity contribution in [2.75, 3.05) is 0 Å². The summed E-state index contributed by atoms with van der Waals surface area (Å²) in [5, 5.41) is 19.0. The van der Waals surface area contributed by atoms with Gasteiger partial charge in [0.15, 0.2) is 5.60 Å². The molecule has 0 bridgehead atoms. The molecule has 0 saturated carbocycles. The lowest BCUT2D eigenvalue weighted by Crippen LogP contribution is -2.41. The van der Waals surface area contributed by atoms with Gasteiger partial charge in [0.1, 0.15) is 0 Å². The van der Waals surface area contributed by atoms with E-state index in [1.807, 2.05) is 0 Å². The Morgan fingerprint density at radius 1 is 1.24 bits per heavy atom. The third-order valence-electron chi connectivity index (χ3n) is 2.52. The summed E-state index contributed by atoms with van der Waals surface area (Å²) in [5.74, 6) is -1.97. The molecular formula is C12H15NO4. The Labute approximate surface area is 98.9 Å². The van der Waals surface area contributed by atoms with Crippen molar-refractivity contribution < 1.29 is 19.8 Å². The van der Waals surface area contributed by atoms with Crippen molar-refractivity contribution in [1.82, 2.24) is 0 Å². The summed E-state index contributed by atoms with van der Waals surface area (Å²) in [7, 11) is 0. The van der Waals surface area contributed by atoms with Gasteiger partial charge in [-0.25, -0.2) is 4.79 Å². The van der Waals surface area contributed by atoms with Gasteiger partial charge in [0.05, 0.1) is 0 Å². The Bertz CT molecular complexity index is 404. The maximum absolute atomic E-state index is 11.0. The third-order valence-corrected chi connectivity index (χ3v) is 2.52. The van der Waals surface area contributed by atoms with Crippen LogP contribution in [-0.4, -0.2) is 27.7 Å². The van der Waals surface area contributed by atoms with Gasteiger partial charge in [0, 0.05) is 12.8 Å². The number of carboxylic acid groups (broad SMARTS) is 1. The monoisotopic (exact) mass is 237 g/mol. The van der Waals surface area contributed by atoms with Crippen molar-refractivity contribution in [3.8, 4) is 0 Å². The number of hydrogen-bond acceptors (Lipinski definition) is 3. The van der Waals surface area contributed by atoms with Gasteiger partial charge >= 0.3 is 5.97 Å². The highest BCUT2D eigenvalue weighted by Gasteiger charge is 2.36. The number of aliphatic carboxylic acids is 1. The number of benzene rings is 1. The second kappa shape index (κ2) is 5.45. The number of nitrogens with two attached hydrogens (primary N) is 1. The molecule has 5 heteroatoms. The topological polar surface area (TPSA) is 101 Å². The summed E-state index contributed by atoms with van der Waals surface area (Å²) in [4.78, 5) is 21.7. The van der Waals surface area contributed by atoms with E-state index in [-0.39, 0.29) is 19.3 Å². The van der Waals surface area contributed by atoms with E-state index in [2.05, 4.69) is 0 Å². The predicted molar refractivity (Wildman–Crippen MR) is 61.2 cm³/mol. The molecule has 1 atom stereocenters. The Balaban J connectivity index is 2.78. The van der Waals surface area contributed by atoms with Crippen LogP contribution in [0.15, 0.2) is 30.3 Å². The quantitative estimate of drug-likeness (QED) is 0.662. The fourth-order valence-corrected chi connectivity index (χ4v) is 1.53. The van der Waals surface area contributed by atoms with E-state index >= 15 is 0 Å². The molecule has 5 nitrogen and oxygen atoms in total. The van der Waals surface area contributed by atoms with Crippen molar-refractivity contribution in [1.29, 1.82) is 0 Å². The molecule has 0 aliphatic heterocycles. The molecule has 0 fully saturated rings. The minimum absolute atomic E-state index is 0.0452. The molecule has 0 aliphatic rings. The first-order valence-corrected chi connectivity index (χ1v) is 5.22. The lowest BCUT2D eigenvalue weighted by Gasteiger charge is -2.22. The first-order valence-electron chi connectivity index (χ1n) is 5.22. The average Bonchev–Trinajstić information content (AvgIpc) is 2.27. The summed E-state index contributed by atoms with van der Waals surface area (Å²) in [6.45, 7) is 0. The molecule has 0 saturated heterocycles. The van der Waals surface area contributed by atoms with Crippen molar-refractivity contribution in [3.05, 3.63) is 35.9 Å². The zero-order valence-electron chi connectivity index (χ0n) is 9.30. The second-order valence-corrected chi connectivity index (χ2v) is 3.97. The number of carbonyl (C=O) groups excluding carboxylic acids is 1. The maximum Gasteiger partial charge on any atom is 0.336 e. The number of aliphatic hydroxyl groups is 1. The Morgan fingerprint density at radius 3 is 2.29 bits per heavy atom. The van der Waals surface area contributed by atoms with E-state index in [4.69, 9.17) is 10.8 Å². The molecule has 4 N–H and O–H groups in total. The van der Waals surface area contributed by atoms with Crippen molar-refractivity contribution >= 4 is 11.9 Å². The third kappa shape index (κ3) is 3.88. The van der Waals surface area contributed by atoms with E-state index < -0.39 is 17.5 Å². The highest BCUT2D eigenvalue weighted by molar-refractivity contribution is 5.79. The van der Waals surface area contributed by atoms with E-state index in [0.29, 0.717) is 5.56 Å². The van der Waals surface area contributed by atoms with Gasteiger partial charge in [-0.15, -0.1) is 0 Å². The van der Waals surface area contributed by atoms with E-state index in [0.717, 1.165) is 0 Å². The SMILES string of the molecule is NC(=O)CCC(O)(Cc1ccccc1)C(=O)O. The van der Waals surface area contributed by atoms with Crippen LogP contribution in [0.25, 0.3) is 0 Å². The van der Waals surface area contributed by atoms with Crippen LogP contribution in [0.3, 0.4) is 0 Å². The van der Waals surface area contributed by atoms with Crippen LogP contribution < -0.4 is 5.73 Å². The number of primary amides is 1. The summed E-state index contributed by atoms with van der Waals surface area (Å²) in [6, 6.07) is 8.75. The van der Waals surface area contributed by atoms with E-state index in [9.17, 15) is 14.7 Å². The highest BCUT2D eigenvalue weighted by atomic mass is 16.4. The molecule has 1 amide bonds. The van der Waals surface area contributed by atoms with Gasteiger partial charge in [-0.05, 0) is 12.0 Å². The molecule has 0 radical (unpaired) electrons. The highest BCUT2D eigenvalue weighted by Crippen LogP contribution is 2.19. The molecular weight excluding hydrogens is 222 g/mol. The predicted octanol–water partition coefficient (Wildman–Crippen LogP) is 0.310. The summed E-state index contributed by atoms with van der Waals surface area (Å²) < 4.78 is 0. The Hall–Kier alpha value is -1.88. The van der Waals surface area contributed by atoms with Gasteiger partial charge in [-0.3, -0.25) is 4.79 Å². The summed E-state index contributed by atoms with van der Waals surface area (Å²) in [5.41, 5.74) is 3.70. The van der Waals surface area contributed by atoms with Crippen molar-refractivity contribution in [2.24, 2.45) is 5.73 Å². The van der Waals surface area contributed by atoms with Crippen LogP contribution >= 0.6 is 0 Å². The van der Waals surface area contributed by atoms with Crippen LogP contribution in [0.1, 0.15) is 18.4 Å². The molecule has 17 heavy (non-hydrogen) atoms. The molecule has 0 aromatic heterocycles. The minimum atomic E-state index is -1.95. The Morgan fingerprint density at radius 2 is 1.82 bits per heavy atom. The molecule has 0 spiro atoms. The lowest BCUT2D eigenvalue weighted by molar-refractivity contribution is -0.159. The van der Waals surface area contributed by atoms with Gasteiger partial charge in [0.2, 0.25) is 5.91 Å². The summed E-state index contributed by atoms with van der Waals surface area (Å²) >= 11 is 0. The van der Waals surface area contributed by atoms with Gasteiger partial charge in [0.25, 0.3) is 0 Å². The molecule has 1 rings (SSSR count). The number of amides is 1. The Kier molecular flexibility index (Phi) is 4.23. The van der Waals surface area contributed by atoms with Crippen LogP contribution in [-0.2, 0) is 16.0 Å². The van der Waals surface area contributed by atoms with Gasteiger partial charge in [-0.2, -0.15) is 0 Å². The lowest BCUT2D eigenvalue weighted by atomic mass is 9.90.